The Morgan fingerprint density at radius 1 is 1.06 bits per heavy atom. The molecule has 0 saturated carbocycles. The number of aromatic nitrogens is 2. The average molecular weight is 469 g/mol. The minimum atomic E-state index is -0.521. The van der Waals surface area contributed by atoms with Gasteiger partial charge in [0.25, 0.3) is 5.56 Å². The van der Waals surface area contributed by atoms with Crippen molar-refractivity contribution in [1.29, 1.82) is 0 Å². The van der Waals surface area contributed by atoms with Crippen LogP contribution in [-0.4, -0.2) is 21.5 Å². The molecule has 32 heavy (non-hydrogen) atoms. The number of ether oxygens (including phenoxy) is 1. The van der Waals surface area contributed by atoms with Crippen LogP contribution in [0.1, 0.15) is 28.4 Å². The molecule has 0 saturated heterocycles. The van der Waals surface area contributed by atoms with Gasteiger partial charge in [-0.1, -0.05) is 41.4 Å². The van der Waals surface area contributed by atoms with Gasteiger partial charge in [0.1, 0.15) is 10.4 Å². The quantitative estimate of drug-likeness (QED) is 0.374. The lowest BCUT2D eigenvalue weighted by molar-refractivity contribution is 0.0971. The molecule has 0 aliphatic carbocycles. The third-order valence-corrected chi connectivity index (χ3v) is 6.34. The van der Waals surface area contributed by atoms with Crippen molar-refractivity contribution < 1.29 is 9.53 Å². The number of Topliss-reactive ketones (excluding diaryl/α,β-unsaturated/α-hetero) is 1. The van der Waals surface area contributed by atoms with Crippen molar-refractivity contribution in [1.82, 2.24) is 9.13 Å². The minimum absolute atomic E-state index is 0.134. The highest BCUT2D eigenvalue weighted by Crippen LogP contribution is 2.26. The standard InChI is InChI=1S/C24H21ClN2O4S/c1-3-31-21-9-8-17(12-18(21)25)20(28)14-26-19-10-11-32-22(19)23(29)27(24(26)30)13-16-6-4-15(2)5-7-16/h4-12H,3,13-14H2,1-2H3. The number of aryl methyl sites for hydroxylation is 1. The number of halogens is 1. The fraction of sp³-hybridized carbons (Fsp3) is 0.208. The minimum Gasteiger partial charge on any atom is -0.492 e. The Hall–Kier alpha value is -3.16. The zero-order chi connectivity index (χ0) is 22.8. The molecule has 0 aliphatic heterocycles. The third kappa shape index (κ3) is 4.26. The molecular weight excluding hydrogens is 448 g/mol. The summed E-state index contributed by atoms with van der Waals surface area (Å²) in [6.07, 6.45) is 0. The van der Waals surface area contributed by atoms with Crippen molar-refractivity contribution >= 4 is 38.9 Å². The Kier molecular flexibility index (Phi) is 6.30. The van der Waals surface area contributed by atoms with Crippen LogP contribution in [0.4, 0.5) is 0 Å². The van der Waals surface area contributed by atoms with Crippen LogP contribution in [0, 0.1) is 6.92 Å². The monoisotopic (exact) mass is 468 g/mol. The maximum absolute atomic E-state index is 13.3. The second-order valence-electron chi connectivity index (χ2n) is 7.38. The van der Waals surface area contributed by atoms with Crippen LogP contribution in [0.5, 0.6) is 5.75 Å². The number of nitrogens with zero attached hydrogens (tertiary/aromatic N) is 2. The van der Waals surface area contributed by atoms with Crippen LogP contribution in [0.15, 0.2) is 63.5 Å². The molecule has 0 unspecified atom stereocenters. The van der Waals surface area contributed by atoms with Crippen molar-refractivity contribution in [2.24, 2.45) is 0 Å². The normalized spacial score (nSPS) is 11.1. The number of carbonyl (C=O) groups excluding carboxylic acids is 1. The molecule has 8 heteroatoms. The van der Waals surface area contributed by atoms with E-state index in [0.29, 0.717) is 33.2 Å². The van der Waals surface area contributed by atoms with E-state index in [0.717, 1.165) is 11.1 Å². The maximum atomic E-state index is 13.3. The van der Waals surface area contributed by atoms with Crippen molar-refractivity contribution in [2.45, 2.75) is 26.9 Å². The second-order valence-corrected chi connectivity index (χ2v) is 8.71. The van der Waals surface area contributed by atoms with Crippen LogP contribution in [0.3, 0.4) is 0 Å². The number of thiophene rings is 1. The first-order valence-corrected chi connectivity index (χ1v) is 11.4. The second kappa shape index (κ2) is 9.14. The highest BCUT2D eigenvalue weighted by atomic mass is 35.5. The number of fused-ring (bicyclic) bond motifs is 1. The van der Waals surface area contributed by atoms with Gasteiger partial charge >= 0.3 is 5.69 Å². The number of hydrogen-bond acceptors (Lipinski definition) is 5. The molecular formula is C24H21ClN2O4S. The van der Waals surface area contributed by atoms with Gasteiger partial charge in [-0.05, 0) is 49.1 Å². The third-order valence-electron chi connectivity index (χ3n) is 5.15. The highest BCUT2D eigenvalue weighted by Gasteiger charge is 2.18. The lowest BCUT2D eigenvalue weighted by Gasteiger charge is -2.13. The van der Waals surface area contributed by atoms with Crippen LogP contribution in [0.2, 0.25) is 5.02 Å². The Labute approximate surface area is 193 Å². The van der Waals surface area contributed by atoms with Gasteiger partial charge in [-0.25, -0.2) is 4.79 Å². The number of hydrogen-bond donors (Lipinski definition) is 0. The van der Waals surface area contributed by atoms with E-state index in [1.54, 1.807) is 23.6 Å². The van der Waals surface area contributed by atoms with Crippen molar-refractivity contribution in [2.75, 3.05) is 6.61 Å². The molecule has 0 radical (unpaired) electrons. The predicted octanol–water partition coefficient (Wildman–Crippen LogP) is 4.52. The fourth-order valence-corrected chi connectivity index (χ4v) is 4.56. The van der Waals surface area contributed by atoms with Crippen LogP contribution < -0.4 is 16.0 Å². The Bertz CT molecular complexity index is 1420. The van der Waals surface area contributed by atoms with Gasteiger partial charge < -0.3 is 4.74 Å². The first kappa shape index (κ1) is 22.0. The molecule has 0 amide bonds. The summed E-state index contributed by atoms with van der Waals surface area (Å²) in [6.45, 7) is 4.21. The van der Waals surface area contributed by atoms with Gasteiger partial charge in [0, 0.05) is 5.56 Å². The van der Waals surface area contributed by atoms with E-state index < -0.39 is 5.69 Å². The summed E-state index contributed by atoms with van der Waals surface area (Å²) in [5, 5.41) is 2.08. The van der Waals surface area contributed by atoms with Crippen molar-refractivity contribution in [3.8, 4) is 5.75 Å². The number of carbonyl (C=O) groups is 1. The summed E-state index contributed by atoms with van der Waals surface area (Å²) in [6, 6.07) is 14.1. The molecule has 164 valence electrons. The summed E-state index contributed by atoms with van der Waals surface area (Å²) in [5.74, 6) is 0.208. The fourth-order valence-electron chi connectivity index (χ4n) is 3.48. The first-order chi connectivity index (χ1) is 15.4. The van der Waals surface area contributed by atoms with Crippen molar-refractivity contribution in [3.05, 3.63) is 96.5 Å². The van der Waals surface area contributed by atoms with E-state index in [4.69, 9.17) is 16.3 Å². The van der Waals surface area contributed by atoms with Gasteiger partial charge in [0.05, 0.1) is 30.2 Å². The van der Waals surface area contributed by atoms with Crippen LogP contribution in [0.25, 0.3) is 10.2 Å². The van der Waals surface area contributed by atoms with Crippen LogP contribution >= 0.6 is 22.9 Å². The van der Waals surface area contributed by atoms with E-state index in [1.165, 1.54) is 26.5 Å². The summed E-state index contributed by atoms with van der Waals surface area (Å²) < 4.78 is 8.39. The van der Waals surface area contributed by atoms with E-state index >= 15 is 0 Å². The van der Waals surface area contributed by atoms with Gasteiger partial charge in [0.15, 0.2) is 5.78 Å². The SMILES string of the molecule is CCOc1ccc(C(=O)Cn2c(=O)n(Cc3ccc(C)cc3)c(=O)c3sccc32)cc1Cl. The summed E-state index contributed by atoms with van der Waals surface area (Å²) in [5.41, 5.74) is 1.87. The first-order valence-electron chi connectivity index (χ1n) is 10.1. The molecule has 0 fully saturated rings. The molecule has 2 aromatic heterocycles. The van der Waals surface area contributed by atoms with Crippen LogP contribution in [-0.2, 0) is 13.1 Å². The smallest absolute Gasteiger partial charge is 0.332 e. The van der Waals surface area contributed by atoms with Gasteiger partial charge in [-0.3, -0.25) is 18.7 Å². The average Bonchev–Trinajstić information content (AvgIpc) is 3.27. The van der Waals surface area contributed by atoms with Gasteiger partial charge in [0.2, 0.25) is 0 Å². The predicted molar refractivity (Wildman–Crippen MR) is 128 cm³/mol. The zero-order valence-electron chi connectivity index (χ0n) is 17.6. The highest BCUT2D eigenvalue weighted by molar-refractivity contribution is 7.17. The molecule has 2 heterocycles. The molecule has 0 spiro atoms. The largest absolute Gasteiger partial charge is 0.492 e. The molecule has 2 aromatic carbocycles. The maximum Gasteiger partial charge on any atom is 0.332 e. The molecule has 0 atom stereocenters. The molecule has 6 nitrogen and oxygen atoms in total. The van der Waals surface area contributed by atoms with Gasteiger partial charge in [-0.2, -0.15) is 0 Å². The van der Waals surface area contributed by atoms with Crippen molar-refractivity contribution in [3.63, 3.8) is 0 Å². The molecule has 4 aromatic rings. The van der Waals surface area contributed by atoms with E-state index in [9.17, 15) is 14.4 Å². The summed E-state index contributed by atoms with van der Waals surface area (Å²) in [7, 11) is 0. The topological polar surface area (TPSA) is 70.3 Å². The number of ketones is 1. The molecule has 0 bridgehead atoms. The Balaban J connectivity index is 1.74. The number of benzene rings is 2. The van der Waals surface area contributed by atoms with E-state index in [-0.39, 0.29) is 24.4 Å². The molecule has 0 N–H and O–H groups in total. The Morgan fingerprint density at radius 3 is 2.50 bits per heavy atom. The molecule has 0 aliphatic rings. The summed E-state index contributed by atoms with van der Waals surface area (Å²) >= 11 is 7.48. The summed E-state index contributed by atoms with van der Waals surface area (Å²) in [4.78, 5) is 39.3. The van der Waals surface area contributed by atoms with Gasteiger partial charge in [-0.15, -0.1) is 11.3 Å². The van der Waals surface area contributed by atoms with E-state index in [2.05, 4.69) is 0 Å². The lowest BCUT2D eigenvalue weighted by Crippen LogP contribution is -2.40. The number of rotatable bonds is 7. The zero-order valence-corrected chi connectivity index (χ0v) is 19.2. The van der Waals surface area contributed by atoms with E-state index in [1.807, 2.05) is 38.1 Å². The lowest BCUT2D eigenvalue weighted by atomic mass is 10.1. The molecule has 4 rings (SSSR count). The Morgan fingerprint density at radius 2 is 1.81 bits per heavy atom.